The highest BCUT2D eigenvalue weighted by molar-refractivity contribution is 5.75. The summed E-state index contributed by atoms with van der Waals surface area (Å²) in [6.07, 6.45) is 0.955. The number of imidazole rings is 1. The first-order valence-electron chi connectivity index (χ1n) is 7.50. The van der Waals surface area contributed by atoms with Gasteiger partial charge in [-0.25, -0.2) is 9.78 Å². The van der Waals surface area contributed by atoms with E-state index in [0.717, 1.165) is 21.8 Å². The van der Waals surface area contributed by atoms with Crippen LogP contribution in [0.3, 0.4) is 0 Å². The Hall–Kier alpha value is -2.70. The monoisotopic (exact) mass is 316 g/mol. The Morgan fingerprint density at radius 3 is 2.48 bits per heavy atom. The lowest BCUT2D eigenvalue weighted by Crippen LogP contribution is -2.41. The standard InChI is InChI=1S/C16H17FN4O2/c1-3-20-13-8-6-5-7-12(13)18-14(20)10-19-9-11(17)15(22)21(4-2)16(19)23/h5-9H,3-4,10H2,1-2H3. The molecule has 0 aliphatic heterocycles. The van der Waals surface area contributed by atoms with Crippen molar-refractivity contribution < 1.29 is 4.39 Å². The quantitative estimate of drug-likeness (QED) is 0.734. The van der Waals surface area contributed by atoms with Crippen LogP contribution in [0.5, 0.6) is 0 Å². The van der Waals surface area contributed by atoms with Gasteiger partial charge in [-0.2, -0.15) is 4.39 Å². The molecule has 0 fully saturated rings. The number of hydrogen-bond acceptors (Lipinski definition) is 3. The van der Waals surface area contributed by atoms with E-state index in [0.29, 0.717) is 12.4 Å². The molecule has 0 saturated heterocycles. The molecule has 6 nitrogen and oxygen atoms in total. The molecule has 120 valence electrons. The zero-order valence-electron chi connectivity index (χ0n) is 13.0. The van der Waals surface area contributed by atoms with Crippen LogP contribution in [0.2, 0.25) is 0 Å². The van der Waals surface area contributed by atoms with Gasteiger partial charge in [0.15, 0.2) is 0 Å². The molecule has 0 radical (unpaired) electrons. The van der Waals surface area contributed by atoms with E-state index in [-0.39, 0.29) is 13.1 Å². The number of nitrogens with zero attached hydrogens (tertiary/aromatic N) is 4. The van der Waals surface area contributed by atoms with Crippen LogP contribution >= 0.6 is 0 Å². The lowest BCUT2D eigenvalue weighted by Gasteiger charge is -2.10. The molecule has 0 amide bonds. The van der Waals surface area contributed by atoms with Crippen molar-refractivity contribution >= 4 is 11.0 Å². The lowest BCUT2D eigenvalue weighted by molar-refractivity contribution is 0.503. The molecule has 0 bridgehead atoms. The molecule has 2 heterocycles. The SMILES string of the molecule is CCn1c(=O)c(F)cn(Cc2nc3ccccc3n2CC)c1=O. The van der Waals surface area contributed by atoms with Crippen molar-refractivity contribution in [3.63, 3.8) is 0 Å². The minimum Gasteiger partial charge on any atom is -0.327 e. The van der Waals surface area contributed by atoms with Crippen LogP contribution in [0.4, 0.5) is 4.39 Å². The number of hydrogen-bond donors (Lipinski definition) is 0. The summed E-state index contributed by atoms with van der Waals surface area (Å²) < 4.78 is 17.8. The summed E-state index contributed by atoms with van der Waals surface area (Å²) in [5.74, 6) is -0.290. The van der Waals surface area contributed by atoms with Gasteiger partial charge in [0, 0.05) is 13.1 Å². The second-order valence-corrected chi connectivity index (χ2v) is 5.20. The zero-order valence-corrected chi connectivity index (χ0v) is 13.0. The molecule has 23 heavy (non-hydrogen) atoms. The number of aryl methyl sites for hydroxylation is 1. The van der Waals surface area contributed by atoms with E-state index in [1.54, 1.807) is 6.92 Å². The van der Waals surface area contributed by atoms with Gasteiger partial charge in [0.1, 0.15) is 5.82 Å². The fourth-order valence-electron chi connectivity index (χ4n) is 2.76. The van der Waals surface area contributed by atoms with Crippen molar-refractivity contribution in [1.82, 2.24) is 18.7 Å². The largest absolute Gasteiger partial charge is 0.331 e. The predicted molar refractivity (Wildman–Crippen MR) is 85.1 cm³/mol. The Balaban J connectivity index is 2.15. The molecule has 0 unspecified atom stereocenters. The van der Waals surface area contributed by atoms with Gasteiger partial charge < -0.3 is 4.57 Å². The van der Waals surface area contributed by atoms with Crippen molar-refractivity contribution in [1.29, 1.82) is 0 Å². The minimum atomic E-state index is -0.939. The summed E-state index contributed by atoms with van der Waals surface area (Å²) >= 11 is 0. The van der Waals surface area contributed by atoms with E-state index in [1.807, 2.05) is 35.8 Å². The highest BCUT2D eigenvalue weighted by Crippen LogP contribution is 2.16. The molecule has 1 aromatic carbocycles. The topological polar surface area (TPSA) is 61.8 Å². The summed E-state index contributed by atoms with van der Waals surface area (Å²) in [5.41, 5.74) is 0.357. The van der Waals surface area contributed by atoms with Crippen molar-refractivity contribution in [2.75, 3.05) is 0 Å². The molecule has 0 spiro atoms. The third-order valence-corrected chi connectivity index (χ3v) is 3.87. The Morgan fingerprint density at radius 2 is 1.78 bits per heavy atom. The van der Waals surface area contributed by atoms with Crippen LogP contribution in [0.1, 0.15) is 19.7 Å². The molecule has 0 atom stereocenters. The molecular weight excluding hydrogens is 299 g/mol. The molecule has 0 aliphatic rings. The maximum Gasteiger partial charge on any atom is 0.331 e. The number of halogens is 1. The van der Waals surface area contributed by atoms with Crippen LogP contribution < -0.4 is 11.2 Å². The Bertz CT molecular complexity index is 984. The first-order valence-corrected chi connectivity index (χ1v) is 7.50. The van der Waals surface area contributed by atoms with Gasteiger partial charge in [-0.15, -0.1) is 0 Å². The van der Waals surface area contributed by atoms with Crippen LogP contribution in [-0.4, -0.2) is 18.7 Å². The summed E-state index contributed by atoms with van der Waals surface area (Å²) in [7, 11) is 0. The van der Waals surface area contributed by atoms with Crippen LogP contribution in [0, 0.1) is 5.82 Å². The maximum absolute atomic E-state index is 13.8. The van der Waals surface area contributed by atoms with Crippen LogP contribution in [-0.2, 0) is 19.6 Å². The summed E-state index contributed by atoms with van der Waals surface area (Å²) in [6.45, 7) is 4.53. The van der Waals surface area contributed by atoms with Crippen molar-refractivity contribution in [3.05, 3.63) is 62.9 Å². The molecule has 7 heteroatoms. The van der Waals surface area contributed by atoms with Gasteiger partial charge in [-0.1, -0.05) is 12.1 Å². The third-order valence-electron chi connectivity index (χ3n) is 3.87. The second-order valence-electron chi connectivity index (χ2n) is 5.20. The number of para-hydroxylation sites is 2. The molecular formula is C16H17FN4O2. The number of benzene rings is 1. The zero-order chi connectivity index (χ0) is 16.6. The van der Waals surface area contributed by atoms with Crippen molar-refractivity contribution in [3.8, 4) is 0 Å². The minimum absolute atomic E-state index is 0.110. The molecule has 2 aromatic heterocycles. The average molecular weight is 316 g/mol. The fraction of sp³-hybridized carbons (Fsp3) is 0.312. The van der Waals surface area contributed by atoms with Gasteiger partial charge in [0.25, 0.3) is 5.56 Å². The second kappa shape index (κ2) is 5.83. The van der Waals surface area contributed by atoms with Crippen LogP contribution in [0.25, 0.3) is 11.0 Å². The maximum atomic E-state index is 13.8. The van der Waals surface area contributed by atoms with E-state index in [9.17, 15) is 14.0 Å². The molecule has 0 saturated carbocycles. The van der Waals surface area contributed by atoms with Gasteiger partial charge in [-0.3, -0.25) is 13.9 Å². The first kappa shape index (κ1) is 15.2. The highest BCUT2D eigenvalue weighted by Gasteiger charge is 2.14. The Labute approximate surface area is 131 Å². The summed E-state index contributed by atoms with van der Waals surface area (Å²) in [6, 6.07) is 7.65. The lowest BCUT2D eigenvalue weighted by atomic mass is 10.3. The first-order chi connectivity index (χ1) is 11.1. The molecule has 0 N–H and O–H groups in total. The molecule has 3 rings (SSSR count). The van der Waals surface area contributed by atoms with Gasteiger partial charge in [0.05, 0.1) is 23.8 Å². The fourth-order valence-corrected chi connectivity index (χ4v) is 2.76. The molecule has 0 aliphatic carbocycles. The van der Waals surface area contributed by atoms with E-state index in [2.05, 4.69) is 4.98 Å². The Kier molecular flexibility index (Phi) is 3.85. The predicted octanol–water partition coefficient (Wildman–Crippen LogP) is 1.59. The van der Waals surface area contributed by atoms with E-state index in [4.69, 9.17) is 0 Å². The normalized spacial score (nSPS) is 11.3. The third kappa shape index (κ3) is 2.48. The highest BCUT2D eigenvalue weighted by atomic mass is 19.1. The van der Waals surface area contributed by atoms with E-state index >= 15 is 0 Å². The van der Waals surface area contributed by atoms with Crippen LogP contribution in [0.15, 0.2) is 40.1 Å². The van der Waals surface area contributed by atoms with Gasteiger partial charge in [-0.05, 0) is 26.0 Å². The average Bonchev–Trinajstić information content (AvgIpc) is 2.90. The van der Waals surface area contributed by atoms with Crippen molar-refractivity contribution in [2.45, 2.75) is 33.5 Å². The van der Waals surface area contributed by atoms with E-state index < -0.39 is 17.1 Å². The molecule has 3 aromatic rings. The smallest absolute Gasteiger partial charge is 0.327 e. The van der Waals surface area contributed by atoms with E-state index in [1.165, 1.54) is 4.57 Å². The van der Waals surface area contributed by atoms with Gasteiger partial charge in [0.2, 0.25) is 5.82 Å². The number of aromatic nitrogens is 4. The van der Waals surface area contributed by atoms with Gasteiger partial charge >= 0.3 is 5.69 Å². The summed E-state index contributed by atoms with van der Waals surface area (Å²) in [4.78, 5) is 28.5. The Morgan fingerprint density at radius 1 is 1.09 bits per heavy atom. The number of rotatable bonds is 4. The summed E-state index contributed by atoms with van der Waals surface area (Å²) in [5, 5.41) is 0. The van der Waals surface area contributed by atoms with Crippen molar-refractivity contribution in [2.24, 2.45) is 0 Å². The number of fused-ring (bicyclic) bond motifs is 1.